The highest BCUT2D eigenvalue weighted by atomic mass is 32.1. The van der Waals surface area contributed by atoms with Crippen LogP contribution in [0.5, 0.6) is 0 Å². The smallest absolute Gasteiger partial charge is 0.362 e. The number of hydrogen-bond acceptors (Lipinski definition) is 2. The predicted molar refractivity (Wildman–Crippen MR) is 128 cm³/mol. The van der Waals surface area contributed by atoms with Crippen molar-refractivity contribution in [2.24, 2.45) is 0 Å². The Morgan fingerprint density at radius 1 is 1.15 bits per heavy atom. The minimum atomic E-state index is -4.36. The number of hydrogen-bond donors (Lipinski definition) is 1. The second-order valence-electron chi connectivity index (χ2n) is 8.92. The van der Waals surface area contributed by atoms with Crippen LogP contribution in [0.3, 0.4) is 0 Å². The van der Waals surface area contributed by atoms with Gasteiger partial charge in [0.15, 0.2) is 5.11 Å². The van der Waals surface area contributed by atoms with Gasteiger partial charge in [0.2, 0.25) is 0 Å². The number of thiocarbonyl (C=S) groups is 1. The summed E-state index contributed by atoms with van der Waals surface area (Å²) < 4.78 is 42.0. The molecule has 2 heterocycles. The van der Waals surface area contributed by atoms with Gasteiger partial charge in [-0.25, -0.2) is 4.98 Å². The molecule has 178 valence electrons. The van der Waals surface area contributed by atoms with Crippen LogP contribution in [0.2, 0.25) is 0 Å². The number of benzene rings is 1. The Labute approximate surface area is 198 Å². The zero-order valence-corrected chi connectivity index (χ0v) is 19.6. The zero-order valence-electron chi connectivity index (χ0n) is 18.8. The summed E-state index contributed by atoms with van der Waals surface area (Å²) in [5.41, 5.74) is 1.22. The molecule has 1 saturated heterocycles. The van der Waals surface area contributed by atoms with Gasteiger partial charge in [0, 0.05) is 44.5 Å². The molecule has 33 heavy (non-hydrogen) atoms. The Hall–Kier alpha value is -2.35. The van der Waals surface area contributed by atoms with Gasteiger partial charge in [-0.05, 0) is 68.8 Å². The average molecular weight is 477 g/mol. The van der Waals surface area contributed by atoms with E-state index in [1.165, 1.54) is 37.3 Å². The summed E-state index contributed by atoms with van der Waals surface area (Å²) in [5.74, 6) is 1.07. The van der Waals surface area contributed by atoms with Gasteiger partial charge in [-0.1, -0.05) is 29.8 Å². The van der Waals surface area contributed by atoms with Crippen LogP contribution in [0, 0.1) is 0 Å². The zero-order chi connectivity index (χ0) is 23.3. The molecular weight excluding hydrogens is 445 g/mol. The highest BCUT2D eigenvalue weighted by Gasteiger charge is 2.33. The fourth-order valence-electron chi connectivity index (χ4n) is 4.85. The number of halogens is 3. The van der Waals surface area contributed by atoms with E-state index in [0.717, 1.165) is 55.9 Å². The summed E-state index contributed by atoms with van der Waals surface area (Å²) in [6.45, 7) is 2.69. The summed E-state index contributed by atoms with van der Waals surface area (Å²) in [7, 11) is 0. The van der Waals surface area contributed by atoms with E-state index < -0.39 is 11.7 Å². The summed E-state index contributed by atoms with van der Waals surface area (Å²) in [6.07, 6.45) is 9.28. The molecule has 0 saturated carbocycles. The van der Waals surface area contributed by atoms with Crippen molar-refractivity contribution in [3.05, 3.63) is 65.3 Å². The predicted octanol–water partition coefficient (Wildman–Crippen LogP) is 5.89. The van der Waals surface area contributed by atoms with E-state index in [0.29, 0.717) is 0 Å². The van der Waals surface area contributed by atoms with Gasteiger partial charge in [0.25, 0.3) is 0 Å². The van der Waals surface area contributed by atoms with Crippen molar-refractivity contribution < 1.29 is 13.2 Å². The molecular formula is C25H31F3N4S. The Morgan fingerprint density at radius 3 is 2.67 bits per heavy atom. The van der Waals surface area contributed by atoms with Crippen molar-refractivity contribution >= 4 is 17.3 Å². The lowest BCUT2D eigenvalue weighted by Crippen LogP contribution is -2.44. The van der Waals surface area contributed by atoms with E-state index in [9.17, 15) is 13.2 Å². The molecule has 4 rings (SSSR count). The SMILES string of the molecule is FC(F)(F)c1ccccc1Cn1ccnc1C1CCN(C(=S)NCCC2=CCCCC2)CC1. The van der Waals surface area contributed by atoms with E-state index in [1.807, 2.05) is 4.57 Å². The van der Waals surface area contributed by atoms with Crippen LogP contribution in [0.1, 0.15) is 67.8 Å². The van der Waals surface area contributed by atoms with Gasteiger partial charge in [0.1, 0.15) is 5.82 Å². The lowest BCUT2D eigenvalue weighted by molar-refractivity contribution is -0.138. The number of aromatic nitrogens is 2. The summed E-state index contributed by atoms with van der Waals surface area (Å²) in [6, 6.07) is 5.77. The topological polar surface area (TPSA) is 33.1 Å². The van der Waals surface area contributed by atoms with Crippen LogP contribution in [0.4, 0.5) is 13.2 Å². The summed E-state index contributed by atoms with van der Waals surface area (Å²) in [4.78, 5) is 6.71. The Balaban J connectivity index is 1.31. The molecule has 0 radical (unpaired) electrons. The first kappa shape index (κ1) is 23.8. The molecule has 0 atom stereocenters. The summed E-state index contributed by atoms with van der Waals surface area (Å²) >= 11 is 5.61. The van der Waals surface area contributed by atoms with Gasteiger partial charge < -0.3 is 14.8 Å². The normalized spacial score (nSPS) is 17.7. The number of rotatable bonds is 6. The molecule has 0 amide bonds. The molecule has 4 nitrogen and oxygen atoms in total. The second kappa shape index (κ2) is 10.7. The van der Waals surface area contributed by atoms with E-state index in [4.69, 9.17) is 12.2 Å². The van der Waals surface area contributed by atoms with Crippen molar-refractivity contribution in [2.45, 2.75) is 63.6 Å². The van der Waals surface area contributed by atoms with Gasteiger partial charge in [-0.2, -0.15) is 13.2 Å². The molecule has 1 N–H and O–H groups in total. The molecule has 0 bridgehead atoms. The number of allylic oxidation sites excluding steroid dienone is 1. The summed E-state index contributed by atoms with van der Waals surface area (Å²) in [5, 5.41) is 4.20. The lowest BCUT2D eigenvalue weighted by Gasteiger charge is -2.34. The van der Waals surface area contributed by atoms with Crippen LogP contribution in [0.15, 0.2) is 48.3 Å². The van der Waals surface area contributed by atoms with Crippen molar-refractivity contribution in [1.82, 2.24) is 19.8 Å². The first-order valence-corrected chi connectivity index (χ1v) is 12.2. The maximum Gasteiger partial charge on any atom is 0.416 e. The van der Waals surface area contributed by atoms with E-state index in [1.54, 1.807) is 24.5 Å². The number of imidazole rings is 1. The maximum absolute atomic E-state index is 13.4. The van der Waals surface area contributed by atoms with Crippen molar-refractivity contribution in [3.8, 4) is 0 Å². The van der Waals surface area contributed by atoms with E-state index >= 15 is 0 Å². The minimum Gasteiger partial charge on any atom is -0.362 e. The molecule has 0 unspecified atom stereocenters. The van der Waals surface area contributed by atoms with Crippen molar-refractivity contribution in [3.63, 3.8) is 0 Å². The third-order valence-corrected chi connectivity index (χ3v) is 7.07. The second-order valence-corrected chi connectivity index (χ2v) is 9.31. The van der Waals surface area contributed by atoms with Gasteiger partial charge >= 0.3 is 6.18 Å². The van der Waals surface area contributed by atoms with E-state index in [2.05, 4.69) is 21.3 Å². The molecule has 2 aliphatic rings. The van der Waals surface area contributed by atoms with Crippen LogP contribution < -0.4 is 5.32 Å². The number of nitrogens with zero attached hydrogens (tertiary/aromatic N) is 3. The standard InChI is InChI=1S/C25H31F3N4S/c26-25(27,28)22-9-5-4-8-21(22)18-32-17-14-29-23(32)20-11-15-31(16-12-20)24(33)30-13-10-19-6-2-1-3-7-19/h4-6,8-9,14,17,20H,1-3,7,10-13,15-16,18H2,(H,30,33). The van der Waals surface area contributed by atoms with E-state index in [-0.39, 0.29) is 18.0 Å². The van der Waals surface area contributed by atoms with Crippen LogP contribution >= 0.6 is 12.2 Å². The van der Waals surface area contributed by atoms with Crippen molar-refractivity contribution in [1.29, 1.82) is 0 Å². The molecule has 0 spiro atoms. The average Bonchev–Trinajstić information content (AvgIpc) is 3.27. The maximum atomic E-state index is 13.4. The first-order chi connectivity index (χ1) is 15.9. The van der Waals surface area contributed by atoms with Gasteiger partial charge in [0.05, 0.1) is 5.56 Å². The third kappa shape index (κ3) is 6.16. The molecule has 1 aromatic carbocycles. The minimum absolute atomic E-state index is 0.168. The van der Waals surface area contributed by atoms with Crippen molar-refractivity contribution in [2.75, 3.05) is 19.6 Å². The Kier molecular flexibility index (Phi) is 7.73. The quantitative estimate of drug-likeness (QED) is 0.416. The Morgan fingerprint density at radius 2 is 1.94 bits per heavy atom. The fraction of sp³-hybridized carbons (Fsp3) is 0.520. The molecule has 1 fully saturated rings. The van der Waals surface area contributed by atoms with Crippen LogP contribution in [-0.4, -0.2) is 39.2 Å². The third-order valence-electron chi connectivity index (χ3n) is 6.67. The lowest BCUT2D eigenvalue weighted by atomic mass is 9.96. The highest BCUT2D eigenvalue weighted by Crippen LogP contribution is 2.33. The molecule has 2 aromatic rings. The molecule has 1 aliphatic carbocycles. The largest absolute Gasteiger partial charge is 0.416 e. The Bertz CT molecular complexity index is 974. The molecule has 8 heteroatoms. The monoisotopic (exact) mass is 476 g/mol. The number of likely N-dealkylation sites (tertiary alicyclic amines) is 1. The number of alkyl halides is 3. The van der Waals surface area contributed by atoms with Crippen LogP contribution in [-0.2, 0) is 12.7 Å². The van der Waals surface area contributed by atoms with Crippen LogP contribution in [0.25, 0.3) is 0 Å². The number of piperidine rings is 1. The number of nitrogens with one attached hydrogen (secondary N) is 1. The fourth-order valence-corrected chi connectivity index (χ4v) is 5.13. The molecule has 1 aromatic heterocycles. The highest BCUT2D eigenvalue weighted by molar-refractivity contribution is 7.80. The molecule has 1 aliphatic heterocycles. The van der Waals surface area contributed by atoms with Gasteiger partial charge in [-0.3, -0.25) is 0 Å². The van der Waals surface area contributed by atoms with Gasteiger partial charge in [-0.15, -0.1) is 0 Å². The first-order valence-electron chi connectivity index (χ1n) is 11.8.